The second-order valence-corrected chi connectivity index (χ2v) is 8.50. The molecule has 3 aromatic carbocycles. The average Bonchev–Trinajstić information content (AvgIpc) is 2.87. The number of benzene rings is 3. The maximum atomic E-state index is 12.9. The lowest BCUT2D eigenvalue weighted by molar-refractivity contribution is 0.0601. The smallest absolute Gasteiger partial charge is 0.340 e. The summed E-state index contributed by atoms with van der Waals surface area (Å²) >= 11 is 0. The number of esters is 1. The summed E-state index contributed by atoms with van der Waals surface area (Å²) in [7, 11) is 1.38. The predicted octanol–water partition coefficient (Wildman–Crippen LogP) is 5.14. The Hall–Kier alpha value is -4.06. The Balaban J connectivity index is 1.58. The quantitative estimate of drug-likeness (QED) is 0.313. The third kappa shape index (κ3) is 3.71. The highest BCUT2D eigenvalue weighted by atomic mass is 16.5. The average molecular weight is 456 g/mol. The minimum atomic E-state index is -0.390. The van der Waals surface area contributed by atoms with Gasteiger partial charge in [-0.25, -0.2) is 9.59 Å². The van der Waals surface area contributed by atoms with E-state index in [-0.39, 0.29) is 18.3 Å². The van der Waals surface area contributed by atoms with Crippen LogP contribution in [0.4, 0.5) is 5.69 Å². The summed E-state index contributed by atoms with van der Waals surface area (Å²) < 4.78 is 16.9. The molecule has 2 heterocycles. The first kappa shape index (κ1) is 21.8. The van der Waals surface area contributed by atoms with Crippen LogP contribution >= 0.6 is 0 Å². The molecule has 0 atom stereocenters. The van der Waals surface area contributed by atoms with Crippen molar-refractivity contribution in [1.82, 2.24) is 0 Å². The van der Waals surface area contributed by atoms with Gasteiger partial charge >= 0.3 is 11.6 Å². The van der Waals surface area contributed by atoms with E-state index in [1.807, 2.05) is 73.3 Å². The Labute approximate surface area is 197 Å². The summed E-state index contributed by atoms with van der Waals surface area (Å²) in [4.78, 5) is 27.2. The van der Waals surface area contributed by atoms with Gasteiger partial charge in [-0.2, -0.15) is 0 Å². The Morgan fingerprint density at radius 2 is 1.76 bits per heavy atom. The summed E-state index contributed by atoms with van der Waals surface area (Å²) in [5.41, 5.74) is 5.87. The maximum Gasteiger partial charge on any atom is 0.340 e. The molecule has 4 aromatic rings. The lowest BCUT2D eigenvalue weighted by atomic mass is 9.96. The summed E-state index contributed by atoms with van der Waals surface area (Å²) in [5, 5.41) is 0.897. The van der Waals surface area contributed by atoms with E-state index in [0.717, 1.165) is 39.1 Å². The van der Waals surface area contributed by atoms with Crippen LogP contribution in [-0.4, -0.2) is 19.8 Å². The molecule has 0 N–H and O–H groups in total. The van der Waals surface area contributed by atoms with Crippen molar-refractivity contribution in [3.8, 4) is 5.75 Å². The molecule has 1 aliphatic rings. The normalized spacial score (nSPS) is 12.9. The second kappa shape index (κ2) is 8.71. The molecule has 6 nitrogen and oxygen atoms in total. The summed E-state index contributed by atoms with van der Waals surface area (Å²) in [6.07, 6.45) is 0.510. The standard InChI is InChI=1S/C28H25NO5/c1-17-22-14-20-15-29(24-12-8-7-11-21(24)27(30)32-3)16-33-25(20)18(2)26(22)34-28(31)23(17)13-19-9-5-4-6-10-19/h4-12,14H,13,15-16H2,1-3H3. The van der Waals surface area contributed by atoms with Crippen molar-refractivity contribution in [1.29, 1.82) is 0 Å². The lowest BCUT2D eigenvalue weighted by Gasteiger charge is -2.33. The van der Waals surface area contributed by atoms with Gasteiger partial charge in [0.1, 0.15) is 11.3 Å². The summed E-state index contributed by atoms with van der Waals surface area (Å²) in [5.74, 6) is 0.330. The number of rotatable bonds is 4. The molecule has 0 radical (unpaired) electrons. The molecular weight excluding hydrogens is 430 g/mol. The molecule has 172 valence electrons. The SMILES string of the molecule is COC(=O)c1ccccc1N1COc2c(cc3c(C)c(Cc4ccccc4)c(=O)oc3c2C)C1. The Morgan fingerprint density at radius 3 is 2.53 bits per heavy atom. The van der Waals surface area contributed by atoms with Crippen LogP contribution in [0.25, 0.3) is 11.0 Å². The Kier molecular flexibility index (Phi) is 5.57. The van der Waals surface area contributed by atoms with Crippen LogP contribution in [0.1, 0.15) is 38.2 Å². The number of methoxy groups -OCH3 is 1. The lowest BCUT2D eigenvalue weighted by Crippen LogP contribution is -2.33. The molecule has 0 saturated carbocycles. The fourth-order valence-electron chi connectivity index (χ4n) is 4.63. The van der Waals surface area contributed by atoms with Gasteiger partial charge < -0.3 is 18.8 Å². The zero-order valence-electron chi connectivity index (χ0n) is 19.4. The summed E-state index contributed by atoms with van der Waals surface area (Å²) in [6, 6.07) is 19.3. The van der Waals surface area contributed by atoms with Gasteiger partial charge in [0.05, 0.1) is 18.4 Å². The third-order valence-corrected chi connectivity index (χ3v) is 6.43. The monoisotopic (exact) mass is 455 g/mol. The molecule has 5 rings (SSSR count). The number of fused-ring (bicyclic) bond motifs is 2. The fraction of sp³-hybridized carbons (Fsp3) is 0.214. The molecule has 1 aromatic heterocycles. The van der Waals surface area contributed by atoms with Gasteiger partial charge in [0.25, 0.3) is 0 Å². The second-order valence-electron chi connectivity index (χ2n) is 8.50. The van der Waals surface area contributed by atoms with E-state index in [1.165, 1.54) is 7.11 Å². The molecule has 6 heteroatoms. The van der Waals surface area contributed by atoms with E-state index < -0.39 is 0 Å². The van der Waals surface area contributed by atoms with Gasteiger partial charge in [-0.1, -0.05) is 42.5 Å². The van der Waals surface area contributed by atoms with Crippen LogP contribution in [0, 0.1) is 13.8 Å². The molecule has 0 aliphatic carbocycles. The molecule has 0 saturated heterocycles. The van der Waals surface area contributed by atoms with Crippen molar-refractivity contribution in [3.63, 3.8) is 0 Å². The largest absolute Gasteiger partial charge is 0.472 e. The number of carbonyl (C=O) groups is 1. The molecular formula is C28H25NO5. The van der Waals surface area contributed by atoms with Crippen molar-refractivity contribution >= 4 is 22.6 Å². The van der Waals surface area contributed by atoms with Crippen molar-refractivity contribution in [2.24, 2.45) is 0 Å². The number of carbonyl (C=O) groups excluding carboxylic acids is 1. The van der Waals surface area contributed by atoms with Gasteiger partial charge in [-0.3, -0.25) is 0 Å². The molecule has 0 bridgehead atoms. The van der Waals surface area contributed by atoms with E-state index >= 15 is 0 Å². The number of aryl methyl sites for hydroxylation is 2. The van der Waals surface area contributed by atoms with Crippen molar-refractivity contribution in [2.45, 2.75) is 26.8 Å². The first-order valence-corrected chi connectivity index (χ1v) is 11.2. The first-order valence-electron chi connectivity index (χ1n) is 11.2. The molecule has 0 unspecified atom stereocenters. The molecule has 0 fully saturated rings. The van der Waals surface area contributed by atoms with E-state index in [2.05, 4.69) is 0 Å². The molecule has 1 aliphatic heterocycles. The molecule has 34 heavy (non-hydrogen) atoms. The number of hydrogen-bond donors (Lipinski definition) is 0. The van der Waals surface area contributed by atoms with Crippen LogP contribution < -0.4 is 15.3 Å². The maximum absolute atomic E-state index is 12.9. The summed E-state index contributed by atoms with van der Waals surface area (Å²) in [6.45, 7) is 4.70. The van der Waals surface area contributed by atoms with Gasteiger partial charge in [0.15, 0.2) is 6.73 Å². The molecule has 0 spiro atoms. The minimum absolute atomic E-state index is 0.267. The minimum Gasteiger partial charge on any atom is -0.472 e. The van der Waals surface area contributed by atoms with Gasteiger partial charge in [0.2, 0.25) is 0 Å². The van der Waals surface area contributed by atoms with E-state index in [0.29, 0.717) is 29.7 Å². The van der Waals surface area contributed by atoms with E-state index in [1.54, 1.807) is 6.07 Å². The van der Waals surface area contributed by atoms with Gasteiger partial charge in [-0.05, 0) is 43.2 Å². The number of ether oxygens (including phenoxy) is 2. The topological polar surface area (TPSA) is 69.0 Å². The third-order valence-electron chi connectivity index (χ3n) is 6.43. The number of anilines is 1. The van der Waals surface area contributed by atoms with Crippen LogP contribution in [0.2, 0.25) is 0 Å². The fourth-order valence-corrected chi connectivity index (χ4v) is 4.63. The van der Waals surface area contributed by atoms with E-state index in [4.69, 9.17) is 13.9 Å². The van der Waals surface area contributed by atoms with Crippen molar-refractivity contribution in [2.75, 3.05) is 18.7 Å². The van der Waals surface area contributed by atoms with Crippen LogP contribution in [-0.2, 0) is 17.7 Å². The predicted molar refractivity (Wildman–Crippen MR) is 131 cm³/mol. The Bertz CT molecular complexity index is 1460. The number of hydrogen-bond acceptors (Lipinski definition) is 6. The van der Waals surface area contributed by atoms with Crippen LogP contribution in [0.15, 0.2) is 69.9 Å². The molecule has 0 amide bonds. The highest BCUT2D eigenvalue weighted by Crippen LogP contribution is 2.38. The number of nitrogens with zero attached hydrogens (tertiary/aromatic N) is 1. The Morgan fingerprint density at radius 1 is 1.03 bits per heavy atom. The van der Waals surface area contributed by atoms with Gasteiger partial charge in [0, 0.05) is 35.0 Å². The highest BCUT2D eigenvalue weighted by molar-refractivity contribution is 5.96. The van der Waals surface area contributed by atoms with Gasteiger partial charge in [-0.15, -0.1) is 0 Å². The van der Waals surface area contributed by atoms with Crippen molar-refractivity contribution in [3.05, 3.63) is 104 Å². The van der Waals surface area contributed by atoms with E-state index in [9.17, 15) is 9.59 Å². The highest BCUT2D eigenvalue weighted by Gasteiger charge is 2.26. The first-order chi connectivity index (χ1) is 16.5. The zero-order chi connectivity index (χ0) is 23.8. The number of para-hydroxylation sites is 1. The van der Waals surface area contributed by atoms with Crippen molar-refractivity contribution < 1.29 is 18.7 Å². The van der Waals surface area contributed by atoms with Crippen LogP contribution in [0.5, 0.6) is 5.75 Å². The van der Waals surface area contributed by atoms with Crippen LogP contribution in [0.3, 0.4) is 0 Å². The zero-order valence-corrected chi connectivity index (χ0v) is 19.4.